The van der Waals surface area contributed by atoms with Gasteiger partial charge in [-0.1, -0.05) is 67.5 Å². The number of rotatable bonds is 13. The Morgan fingerprint density at radius 3 is 1.28 bits per heavy atom. The van der Waals surface area contributed by atoms with Gasteiger partial charge in [-0.2, -0.15) is 0 Å². The maximum atomic E-state index is 12.3. The summed E-state index contributed by atoms with van der Waals surface area (Å²) in [5, 5.41) is 43.3. The average Bonchev–Trinajstić information content (AvgIpc) is 2.99. The maximum absolute atomic E-state index is 12.3. The summed E-state index contributed by atoms with van der Waals surface area (Å²) in [7, 11) is 0. The molecule has 0 unspecified atom stereocenters. The first-order chi connectivity index (χ1) is 21.1. The van der Waals surface area contributed by atoms with Crippen LogP contribution in [-0.2, 0) is 16.8 Å². The fourth-order valence-corrected chi connectivity index (χ4v) is 3.53. The molecule has 0 radical (unpaired) electrons. The molecule has 0 amide bonds. The fourth-order valence-electron chi connectivity index (χ4n) is 3.53. The van der Waals surface area contributed by atoms with Crippen LogP contribution in [0.5, 0.6) is 34.5 Å². The van der Waals surface area contributed by atoms with Crippen LogP contribution >= 0.6 is 0 Å². The molecule has 3 N–H and O–H groups in total. The topological polar surface area (TPSA) is 190 Å². The third-order valence-corrected chi connectivity index (χ3v) is 5.55. The van der Waals surface area contributed by atoms with E-state index in [9.17, 15) is 20.1 Å². The smallest absolute Gasteiger partial charge is 0.870 e. The molecule has 0 aliphatic carbocycles. The Labute approximate surface area is 282 Å². The number of benzene rings is 3. The molecular formula is C34H45CoN2O9. The van der Waals surface area contributed by atoms with Crippen LogP contribution in [0.2, 0.25) is 0 Å². The molecule has 254 valence electrons. The summed E-state index contributed by atoms with van der Waals surface area (Å²) in [6.45, 7) is 13.8. The van der Waals surface area contributed by atoms with Gasteiger partial charge in [-0.25, -0.2) is 0 Å². The number of ether oxygens (including phenoxy) is 3. The van der Waals surface area contributed by atoms with Gasteiger partial charge in [-0.15, -0.1) is 0 Å². The van der Waals surface area contributed by atoms with Crippen LogP contribution in [0.15, 0.2) is 64.6 Å². The molecule has 0 spiro atoms. The number of hydrogen-bond donors (Lipinski definition) is 1. The standard InChI is InChI=1S/C23H30N2O4.C9H10O3.C2H6O.Co.H2O/c1-5-28-19-11-7-9-17(21(19)26)13-24-15-23(3,4)16-25-14-18-10-8-12-20(22(18)27)29-6-2;1-2-12-8-5-3-4-7(6-10)9(8)11;1-2-3;;/h7-14,26-27H,5-6,15-16H2,1-4H3;3-6,11H,2H2,1H3;3H,2H2,1H3;;1H2/q;;;+3;/p-3. The van der Waals surface area contributed by atoms with Crippen molar-refractivity contribution in [1.82, 2.24) is 0 Å². The molecule has 0 atom stereocenters. The van der Waals surface area contributed by atoms with Crippen LogP contribution in [-0.4, -0.2) is 68.8 Å². The van der Waals surface area contributed by atoms with Crippen molar-refractivity contribution >= 4 is 18.7 Å². The molecule has 0 bridgehead atoms. The van der Waals surface area contributed by atoms with Crippen molar-refractivity contribution in [2.75, 3.05) is 39.5 Å². The molecule has 3 aromatic rings. The van der Waals surface area contributed by atoms with E-state index in [1.807, 2.05) is 27.7 Å². The predicted molar refractivity (Wildman–Crippen MR) is 172 cm³/mol. The molecule has 0 fully saturated rings. The van der Waals surface area contributed by atoms with E-state index in [2.05, 4.69) is 9.98 Å². The van der Waals surface area contributed by atoms with E-state index >= 15 is 0 Å². The van der Waals surface area contributed by atoms with Crippen LogP contribution in [0.25, 0.3) is 0 Å². The van der Waals surface area contributed by atoms with Crippen molar-refractivity contribution in [2.45, 2.75) is 41.5 Å². The molecule has 3 aromatic carbocycles. The van der Waals surface area contributed by atoms with E-state index in [1.54, 1.807) is 74.8 Å². The molecule has 0 saturated heterocycles. The Morgan fingerprint density at radius 1 is 0.674 bits per heavy atom. The van der Waals surface area contributed by atoms with E-state index in [-0.39, 0.29) is 62.8 Å². The van der Waals surface area contributed by atoms with Crippen LogP contribution in [0, 0.1) is 5.41 Å². The summed E-state index contributed by atoms with van der Waals surface area (Å²) >= 11 is 0. The van der Waals surface area contributed by atoms with E-state index in [4.69, 9.17) is 19.3 Å². The summed E-state index contributed by atoms with van der Waals surface area (Å²) in [5.41, 5.74) is 0.910. The predicted octanol–water partition coefficient (Wildman–Crippen LogP) is 3.34. The van der Waals surface area contributed by atoms with Crippen molar-refractivity contribution in [3.63, 3.8) is 0 Å². The van der Waals surface area contributed by atoms with E-state index in [0.717, 1.165) is 0 Å². The van der Waals surface area contributed by atoms with Crippen molar-refractivity contribution in [3.8, 4) is 34.5 Å². The van der Waals surface area contributed by atoms with Crippen molar-refractivity contribution in [3.05, 3.63) is 71.3 Å². The molecule has 46 heavy (non-hydrogen) atoms. The van der Waals surface area contributed by atoms with Gasteiger partial charge < -0.3 is 40.1 Å². The molecule has 12 heteroatoms. The van der Waals surface area contributed by atoms with Crippen LogP contribution in [0.3, 0.4) is 0 Å². The number of carbonyl (C=O) groups excluding carboxylic acids is 1. The maximum Gasteiger partial charge on any atom is 3.00 e. The number of aliphatic hydroxyl groups excluding tert-OH is 1. The first-order valence-corrected chi connectivity index (χ1v) is 14.4. The number of nitrogens with zero attached hydrogens (tertiary/aromatic N) is 2. The van der Waals surface area contributed by atoms with Gasteiger partial charge in [0.25, 0.3) is 0 Å². The second kappa shape index (κ2) is 24.2. The summed E-state index contributed by atoms with van der Waals surface area (Å²) in [5.74, 6) is 0.250. The quantitative estimate of drug-likeness (QED) is 0.209. The minimum absolute atomic E-state index is 0. The Hall–Kier alpha value is -4.10. The van der Waals surface area contributed by atoms with E-state index in [0.29, 0.717) is 61.8 Å². The number of hydrogen-bond acceptors (Lipinski definition) is 10. The molecule has 0 saturated carbocycles. The minimum Gasteiger partial charge on any atom is -0.870 e. The normalized spacial score (nSPS) is 10.4. The van der Waals surface area contributed by atoms with Crippen molar-refractivity contribution < 1.29 is 61.7 Å². The molecule has 0 aromatic heterocycles. The van der Waals surface area contributed by atoms with Gasteiger partial charge in [0.15, 0.2) is 0 Å². The second-order valence-corrected chi connectivity index (χ2v) is 9.86. The zero-order valence-electron chi connectivity index (χ0n) is 27.2. The van der Waals surface area contributed by atoms with Gasteiger partial charge in [0.1, 0.15) is 23.5 Å². The van der Waals surface area contributed by atoms with Crippen LogP contribution in [0.1, 0.15) is 63.0 Å². The summed E-state index contributed by atoms with van der Waals surface area (Å²) in [4.78, 5) is 19.2. The minimum atomic E-state index is -0.339. The van der Waals surface area contributed by atoms with Gasteiger partial charge in [0, 0.05) is 43.1 Å². The number of carbonyl (C=O) groups is 1. The van der Waals surface area contributed by atoms with Crippen LogP contribution in [0.4, 0.5) is 0 Å². The Balaban J connectivity index is 0. The Kier molecular flexibility index (Phi) is 23.1. The molecule has 0 heterocycles. The van der Waals surface area contributed by atoms with E-state index < -0.39 is 0 Å². The van der Waals surface area contributed by atoms with Gasteiger partial charge >= 0.3 is 16.8 Å². The molecular weight excluding hydrogens is 639 g/mol. The van der Waals surface area contributed by atoms with E-state index in [1.165, 1.54) is 6.07 Å². The summed E-state index contributed by atoms with van der Waals surface area (Å²) in [6, 6.07) is 15.0. The zero-order chi connectivity index (χ0) is 33.0. The number of aliphatic imine (C=N–C) groups is 2. The molecule has 11 nitrogen and oxygen atoms in total. The molecule has 0 aliphatic rings. The zero-order valence-corrected chi connectivity index (χ0v) is 28.2. The third kappa shape index (κ3) is 15.3. The monoisotopic (exact) mass is 684 g/mol. The third-order valence-electron chi connectivity index (χ3n) is 5.55. The summed E-state index contributed by atoms with van der Waals surface area (Å²) in [6.07, 6.45) is 3.69. The molecule has 3 rings (SSSR count). The SMILES string of the molecule is CCO.CCOc1cccc(C=NCC(C)(C)CN=Cc2cccc(OCC)c2[O-])c1[O-].CCOc1cccc(C=O)c1[O-].O.[Co+3]. The Morgan fingerprint density at radius 2 is 0.978 bits per heavy atom. The fraction of sp³-hybridized carbons (Fsp3) is 0.382. The number of aliphatic hydroxyl groups is 1. The average molecular weight is 685 g/mol. The number of para-hydroxylation sites is 3. The van der Waals surface area contributed by atoms with Gasteiger partial charge in [-0.05, 0) is 57.0 Å². The first kappa shape index (κ1) is 44.0. The van der Waals surface area contributed by atoms with Crippen molar-refractivity contribution in [1.29, 1.82) is 0 Å². The van der Waals surface area contributed by atoms with Crippen molar-refractivity contribution in [2.24, 2.45) is 15.4 Å². The van der Waals surface area contributed by atoms with Gasteiger partial charge in [0.2, 0.25) is 0 Å². The second-order valence-electron chi connectivity index (χ2n) is 9.86. The summed E-state index contributed by atoms with van der Waals surface area (Å²) < 4.78 is 15.7. The first-order valence-electron chi connectivity index (χ1n) is 14.4. The Bertz CT molecular complexity index is 1280. The number of aldehydes is 1. The van der Waals surface area contributed by atoms with Gasteiger partial charge in [-0.3, -0.25) is 14.8 Å². The van der Waals surface area contributed by atoms with Crippen LogP contribution < -0.4 is 29.5 Å². The van der Waals surface area contributed by atoms with Gasteiger partial charge in [0.05, 0.1) is 19.8 Å². The largest absolute Gasteiger partial charge is 3.00 e. The molecule has 0 aliphatic heterocycles.